The van der Waals surface area contributed by atoms with Crippen LogP contribution in [-0.2, 0) is 10.0 Å². The average molecular weight is 359 g/mol. The van der Waals surface area contributed by atoms with E-state index in [2.05, 4.69) is 22.9 Å². The molecule has 1 aliphatic heterocycles. The predicted molar refractivity (Wildman–Crippen MR) is 74.2 cm³/mol. The molecule has 1 atom stereocenters. The minimum absolute atomic E-state index is 0.323. The minimum Gasteiger partial charge on any atom is -0.206 e. The molecule has 0 saturated carbocycles. The molecule has 1 aliphatic rings. The van der Waals surface area contributed by atoms with E-state index in [1.807, 2.05) is 0 Å². The van der Waals surface area contributed by atoms with Gasteiger partial charge in [-0.15, -0.1) is 11.3 Å². The number of rotatable bonds is 2. The first-order chi connectivity index (χ1) is 7.91. The first-order valence-electron chi connectivity index (χ1n) is 5.36. The van der Waals surface area contributed by atoms with Gasteiger partial charge in [-0.3, -0.25) is 0 Å². The van der Waals surface area contributed by atoms with Gasteiger partial charge in [-0.05, 0) is 40.8 Å². The zero-order chi connectivity index (χ0) is 12.6. The highest BCUT2D eigenvalue weighted by Gasteiger charge is 2.30. The highest BCUT2D eigenvalue weighted by molar-refractivity contribution is 9.11. The van der Waals surface area contributed by atoms with E-state index in [9.17, 15) is 8.42 Å². The maximum absolute atomic E-state index is 12.4. The zero-order valence-electron chi connectivity index (χ0n) is 9.32. The van der Waals surface area contributed by atoms with Crippen LogP contribution < -0.4 is 0 Å². The van der Waals surface area contributed by atoms with Crippen molar-refractivity contribution >= 4 is 48.9 Å². The normalized spacial score (nSPS) is 22.9. The fraction of sp³-hybridized carbons (Fsp3) is 0.600. The lowest BCUT2D eigenvalue weighted by Crippen LogP contribution is -2.38. The maximum Gasteiger partial charge on any atom is 0.252 e. The van der Waals surface area contributed by atoms with Crippen LogP contribution in [0.15, 0.2) is 14.1 Å². The van der Waals surface area contributed by atoms with Crippen LogP contribution in [0.25, 0.3) is 0 Å². The molecule has 3 nitrogen and oxygen atoms in total. The van der Waals surface area contributed by atoms with Gasteiger partial charge >= 0.3 is 0 Å². The monoisotopic (exact) mass is 357 g/mol. The summed E-state index contributed by atoms with van der Waals surface area (Å²) in [4.78, 5) is 0. The summed E-state index contributed by atoms with van der Waals surface area (Å²) < 4.78 is 27.3. The van der Waals surface area contributed by atoms with E-state index in [0.717, 1.165) is 12.8 Å². The van der Waals surface area contributed by atoms with Crippen LogP contribution in [0, 0.1) is 5.92 Å². The van der Waals surface area contributed by atoms with Crippen LogP contribution in [0.1, 0.15) is 19.8 Å². The summed E-state index contributed by atoms with van der Waals surface area (Å²) in [5.41, 5.74) is 0. The van der Waals surface area contributed by atoms with Gasteiger partial charge in [-0.25, -0.2) is 8.42 Å². The summed E-state index contributed by atoms with van der Waals surface area (Å²) in [5.74, 6) is 0.428. The second kappa shape index (κ2) is 5.17. The molecule has 17 heavy (non-hydrogen) atoms. The van der Waals surface area contributed by atoms with E-state index in [1.54, 1.807) is 4.31 Å². The molecule has 1 aromatic rings. The fourth-order valence-corrected chi connectivity index (χ4v) is 6.10. The lowest BCUT2D eigenvalue weighted by atomic mass is 10.0. The molecule has 0 aliphatic carbocycles. The Labute approximate surface area is 119 Å². The second-order valence-corrected chi connectivity index (χ2v) is 9.24. The largest absolute Gasteiger partial charge is 0.252 e. The molecule has 0 radical (unpaired) electrons. The highest BCUT2D eigenvalue weighted by atomic mass is 79.9. The third-order valence-electron chi connectivity index (χ3n) is 2.84. The maximum atomic E-state index is 12.4. The van der Waals surface area contributed by atoms with E-state index in [-0.39, 0.29) is 0 Å². The predicted octanol–water partition coefficient (Wildman–Crippen LogP) is 3.58. The zero-order valence-corrected chi connectivity index (χ0v) is 13.3. The number of halogens is 2. The van der Waals surface area contributed by atoms with Crippen molar-refractivity contribution in [1.29, 1.82) is 0 Å². The summed E-state index contributed by atoms with van der Waals surface area (Å²) in [5, 5.41) is 0.457. The second-order valence-electron chi connectivity index (χ2n) is 4.30. The van der Waals surface area contributed by atoms with Crippen LogP contribution >= 0.6 is 38.9 Å². The Balaban J connectivity index is 2.29. The van der Waals surface area contributed by atoms with Gasteiger partial charge in [0.15, 0.2) is 0 Å². The molecule has 0 N–H and O–H groups in total. The SMILES string of the molecule is CC1CCCN(S(=O)(=O)c2cc(Cl)c(Br)s2)C1. The van der Waals surface area contributed by atoms with Gasteiger partial charge in [0.25, 0.3) is 10.0 Å². The van der Waals surface area contributed by atoms with Crippen LogP contribution in [-0.4, -0.2) is 25.8 Å². The standard InChI is InChI=1S/C10H13BrClNO2S2/c1-7-3-2-4-13(6-7)17(14,15)9-5-8(12)10(11)16-9/h5,7H,2-4,6H2,1H3. The van der Waals surface area contributed by atoms with Crippen molar-refractivity contribution in [3.63, 3.8) is 0 Å². The molecule has 1 unspecified atom stereocenters. The molecular weight excluding hydrogens is 346 g/mol. The van der Waals surface area contributed by atoms with Gasteiger partial charge in [0.2, 0.25) is 0 Å². The number of piperidine rings is 1. The number of thiophene rings is 1. The highest BCUT2D eigenvalue weighted by Crippen LogP contribution is 2.36. The number of hydrogen-bond donors (Lipinski definition) is 0. The molecule has 0 amide bonds. The third-order valence-corrected chi connectivity index (χ3v) is 7.63. The van der Waals surface area contributed by atoms with Gasteiger partial charge in [0.1, 0.15) is 4.21 Å². The average Bonchev–Trinajstić information content (AvgIpc) is 2.60. The molecule has 0 aromatic carbocycles. The Morgan fingerprint density at radius 2 is 2.29 bits per heavy atom. The minimum atomic E-state index is -3.36. The number of nitrogens with zero attached hydrogens (tertiary/aromatic N) is 1. The Morgan fingerprint density at radius 1 is 1.59 bits per heavy atom. The van der Waals surface area contributed by atoms with Crippen LogP contribution in [0.3, 0.4) is 0 Å². The molecule has 1 fully saturated rings. The van der Waals surface area contributed by atoms with Crippen LogP contribution in [0.4, 0.5) is 0 Å². The lowest BCUT2D eigenvalue weighted by molar-refractivity contribution is 0.281. The Morgan fingerprint density at radius 3 is 2.82 bits per heavy atom. The topological polar surface area (TPSA) is 37.4 Å². The Hall–Kier alpha value is 0.380. The molecule has 1 aromatic heterocycles. The number of hydrogen-bond acceptors (Lipinski definition) is 3. The van der Waals surface area contributed by atoms with E-state index in [4.69, 9.17) is 11.6 Å². The third kappa shape index (κ3) is 2.87. The van der Waals surface area contributed by atoms with Crippen molar-refractivity contribution in [3.05, 3.63) is 14.9 Å². The van der Waals surface area contributed by atoms with Crippen molar-refractivity contribution in [3.8, 4) is 0 Å². The van der Waals surface area contributed by atoms with Crippen molar-refractivity contribution in [2.75, 3.05) is 13.1 Å². The van der Waals surface area contributed by atoms with Gasteiger partial charge in [0, 0.05) is 13.1 Å². The van der Waals surface area contributed by atoms with Gasteiger partial charge in [0.05, 0.1) is 8.81 Å². The van der Waals surface area contributed by atoms with Crippen molar-refractivity contribution < 1.29 is 8.42 Å². The van der Waals surface area contributed by atoms with Gasteiger partial charge in [-0.2, -0.15) is 4.31 Å². The molecule has 0 spiro atoms. The van der Waals surface area contributed by atoms with E-state index in [0.29, 0.717) is 32.0 Å². The van der Waals surface area contributed by atoms with Crippen molar-refractivity contribution in [2.24, 2.45) is 5.92 Å². The molecule has 1 saturated heterocycles. The van der Waals surface area contributed by atoms with Crippen LogP contribution in [0.2, 0.25) is 5.02 Å². The number of sulfonamides is 1. The van der Waals surface area contributed by atoms with Crippen molar-refractivity contribution in [1.82, 2.24) is 4.31 Å². The van der Waals surface area contributed by atoms with Crippen molar-refractivity contribution in [2.45, 2.75) is 24.0 Å². The molecule has 0 bridgehead atoms. The summed E-state index contributed by atoms with van der Waals surface area (Å²) in [6.07, 6.45) is 2.03. The quantitative estimate of drug-likeness (QED) is 0.810. The molecule has 2 rings (SSSR count). The van der Waals surface area contributed by atoms with E-state index >= 15 is 0 Å². The van der Waals surface area contributed by atoms with Gasteiger partial charge in [-0.1, -0.05) is 18.5 Å². The molecular formula is C10H13BrClNO2S2. The summed E-state index contributed by atoms with van der Waals surface area (Å²) >= 11 is 10.3. The summed E-state index contributed by atoms with van der Waals surface area (Å²) in [6, 6.07) is 1.52. The van der Waals surface area contributed by atoms with Crippen LogP contribution in [0.5, 0.6) is 0 Å². The van der Waals surface area contributed by atoms with E-state index < -0.39 is 10.0 Å². The van der Waals surface area contributed by atoms with E-state index in [1.165, 1.54) is 17.4 Å². The Bertz CT molecular complexity index is 495. The fourth-order valence-electron chi connectivity index (χ4n) is 1.95. The molecule has 2 heterocycles. The smallest absolute Gasteiger partial charge is 0.206 e. The summed E-state index contributed by atoms with van der Waals surface area (Å²) in [7, 11) is -3.36. The summed E-state index contributed by atoms with van der Waals surface area (Å²) in [6.45, 7) is 3.30. The molecule has 7 heteroatoms. The lowest BCUT2D eigenvalue weighted by Gasteiger charge is -2.29. The first kappa shape index (κ1) is 13.8. The first-order valence-corrected chi connectivity index (χ1v) is 8.79. The van der Waals surface area contributed by atoms with Gasteiger partial charge < -0.3 is 0 Å². The Kier molecular flexibility index (Phi) is 4.20. The molecule has 96 valence electrons.